The Morgan fingerprint density at radius 3 is 1.27 bits per heavy atom. The van der Waals surface area contributed by atoms with Crippen LogP contribution in [0.4, 0.5) is 0 Å². The molecule has 0 unspecified atom stereocenters. The van der Waals surface area contributed by atoms with E-state index in [1.54, 1.807) is 0 Å². The van der Waals surface area contributed by atoms with E-state index in [1.165, 1.54) is 0 Å². The van der Waals surface area contributed by atoms with Gasteiger partial charge in [-0.15, -0.1) is 0 Å². The molecule has 0 aromatic rings. The van der Waals surface area contributed by atoms with Gasteiger partial charge in [-0.1, -0.05) is 43.4 Å². The van der Waals surface area contributed by atoms with E-state index in [-0.39, 0.29) is 5.54 Å². The summed E-state index contributed by atoms with van der Waals surface area (Å²) in [6.07, 6.45) is 3.29. The van der Waals surface area contributed by atoms with Crippen LogP contribution in [0.3, 0.4) is 0 Å². The van der Waals surface area contributed by atoms with Gasteiger partial charge in [-0.25, -0.2) is 0 Å². The largest absolute Gasteiger partial charge is 0.325 e. The van der Waals surface area contributed by atoms with Crippen molar-refractivity contribution in [1.29, 1.82) is 0 Å². The molecule has 3 heteroatoms. The molecule has 0 aromatic carbocycles. The molecule has 0 fully saturated rings. The Balaban J connectivity index is 0. The lowest BCUT2D eigenvalue weighted by Gasteiger charge is -2.23. The number of halogens is 1. The Hall–Kier alpha value is 0.650. The quantitative estimate of drug-likeness (QED) is 0.470. The van der Waals surface area contributed by atoms with Gasteiger partial charge in [0, 0.05) is 10.1 Å². The van der Waals surface area contributed by atoms with Crippen LogP contribution in [0.2, 0.25) is 0 Å². The number of nitrogens with two attached hydrogens (primary N) is 2. The summed E-state index contributed by atoms with van der Waals surface area (Å²) in [4.78, 5) is 0. The van der Waals surface area contributed by atoms with Crippen molar-refractivity contribution < 1.29 is 0 Å². The maximum Gasteiger partial charge on any atom is 0.0454 e. The van der Waals surface area contributed by atoms with Crippen LogP contribution in [-0.4, -0.2) is 10.1 Å². The highest BCUT2D eigenvalue weighted by atomic mass is 127. The monoisotopic (exact) mass is 272 g/mol. The van der Waals surface area contributed by atoms with Crippen molar-refractivity contribution in [1.82, 2.24) is 0 Å². The van der Waals surface area contributed by atoms with Gasteiger partial charge < -0.3 is 11.5 Å². The SMILES string of the molecule is CCC(N)(CC)CC.NCI. The lowest BCUT2D eigenvalue weighted by Crippen LogP contribution is -2.37. The van der Waals surface area contributed by atoms with E-state index in [0.29, 0.717) is 0 Å². The minimum absolute atomic E-state index is 0.125. The van der Waals surface area contributed by atoms with Gasteiger partial charge in [-0.2, -0.15) is 0 Å². The van der Waals surface area contributed by atoms with Crippen LogP contribution < -0.4 is 11.5 Å². The summed E-state index contributed by atoms with van der Waals surface area (Å²) in [6.45, 7) is 6.44. The standard InChI is InChI=1S/C7H17N.CH4IN/c1-4-7(8,5-2)6-3;2-1-3/h4-6,8H2,1-3H3;1,3H2. The fraction of sp³-hybridized carbons (Fsp3) is 1.00. The van der Waals surface area contributed by atoms with Crippen LogP contribution >= 0.6 is 22.6 Å². The van der Waals surface area contributed by atoms with Gasteiger partial charge >= 0.3 is 0 Å². The molecule has 11 heavy (non-hydrogen) atoms. The average Bonchev–Trinajstić information content (AvgIpc) is 2.05. The molecule has 0 aliphatic carbocycles. The molecule has 0 bridgehead atoms. The topological polar surface area (TPSA) is 52.0 Å². The van der Waals surface area contributed by atoms with Crippen LogP contribution in [0, 0.1) is 0 Å². The molecular formula is C8H21IN2. The molecule has 2 nitrogen and oxygen atoms in total. The summed E-state index contributed by atoms with van der Waals surface area (Å²) in [7, 11) is 0. The molecule has 0 aliphatic rings. The molecule has 0 saturated heterocycles. The summed E-state index contributed by atoms with van der Waals surface area (Å²) in [5.41, 5.74) is 10.9. The Labute approximate surface area is 84.2 Å². The molecule has 0 radical (unpaired) electrons. The molecule has 0 heterocycles. The second-order valence-corrected chi connectivity index (χ2v) is 3.46. The van der Waals surface area contributed by atoms with Crippen molar-refractivity contribution in [3.05, 3.63) is 0 Å². The Morgan fingerprint density at radius 2 is 1.27 bits per heavy atom. The van der Waals surface area contributed by atoms with E-state index in [1.807, 2.05) is 0 Å². The molecule has 0 amide bonds. The van der Waals surface area contributed by atoms with E-state index >= 15 is 0 Å². The average molecular weight is 272 g/mol. The number of alkyl halides is 1. The van der Waals surface area contributed by atoms with Gasteiger partial charge in [-0.3, -0.25) is 0 Å². The first-order valence-electron chi connectivity index (χ1n) is 4.15. The molecule has 70 valence electrons. The molecule has 4 N–H and O–H groups in total. The number of rotatable bonds is 3. The van der Waals surface area contributed by atoms with Crippen molar-refractivity contribution in [2.75, 3.05) is 4.55 Å². The first-order chi connectivity index (χ1) is 5.10. The lowest BCUT2D eigenvalue weighted by molar-refractivity contribution is 0.383. The van der Waals surface area contributed by atoms with Crippen LogP contribution in [0.15, 0.2) is 0 Å². The molecule has 0 atom stereocenters. The van der Waals surface area contributed by atoms with Crippen LogP contribution in [0.1, 0.15) is 40.0 Å². The van der Waals surface area contributed by atoms with Crippen molar-refractivity contribution in [2.45, 2.75) is 45.6 Å². The van der Waals surface area contributed by atoms with Gasteiger partial charge in [0.25, 0.3) is 0 Å². The minimum Gasteiger partial charge on any atom is -0.325 e. The van der Waals surface area contributed by atoms with E-state index in [0.717, 1.165) is 23.8 Å². The lowest BCUT2D eigenvalue weighted by atomic mass is 9.92. The van der Waals surface area contributed by atoms with Crippen molar-refractivity contribution >= 4 is 22.6 Å². The smallest absolute Gasteiger partial charge is 0.0454 e. The van der Waals surface area contributed by atoms with E-state index < -0.39 is 0 Å². The van der Waals surface area contributed by atoms with Crippen LogP contribution in [0.25, 0.3) is 0 Å². The normalized spacial score (nSPS) is 10.4. The summed E-state index contributed by atoms with van der Waals surface area (Å²) < 4.78 is 0.720. The zero-order valence-electron chi connectivity index (χ0n) is 7.86. The van der Waals surface area contributed by atoms with Crippen molar-refractivity contribution in [2.24, 2.45) is 11.5 Å². The molecule has 0 rings (SSSR count). The zero-order valence-corrected chi connectivity index (χ0v) is 10.0. The molecule has 0 aromatic heterocycles. The maximum absolute atomic E-state index is 5.90. The molecule has 0 spiro atoms. The maximum atomic E-state index is 5.90. The Bertz CT molecular complexity index is 64.2. The van der Waals surface area contributed by atoms with Crippen molar-refractivity contribution in [3.63, 3.8) is 0 Å². The van der Waals surface area contributed by atoms with Gasteiger partial charge in [0.05, 0.1) is 0 Å². The highest BCUT2D eigenvalue weighted by molar-refractivity contribution is 14.1. The summed E-state index contributed by atoms with van der Waals surface area (Å²) in [6, 6.07) is 0. The fourth-order valence-electron chi connectivity index (χ4n) is 0.750. The first-order valence-corrected chi connectivity index (χ1v) is 5.67. The van der Waals surface area contributed by atoms with Gasteiger partial charge in [0.15, 0.2) is 0 Å². The van der Waals surface area contributed by atoms with Gasteiger partial charge in [0.1, 0.15) is 0 Å². The highest BCUT2D eigenvalue weighted by Crippen LogP contribution is 2.14. The van der Waals surface area contributed by atoms with Gasteiger partial charge in [-0.05, 0) is 19.3 Å². The molecule has 0 aliphatic heterocycles. The predicted octanol–water partition coefficient (Wildman–Crippen LogP) is 2.25. The summed E-state index contributed by atoms with van der Waals surface area (Å²) in [5, 5.41) is 0. The van der Waals surface area contributed by atoms with E-state index in [4.69, 9.17) is 11.5 Å². The summed E-state index contributed by atoms with van der Waals surface area (Å²) in [5.74, 6) is 0. The second-order valence-electron chi connectivity index (χ2n) is 2.58. The zero-order chi connectivity index (χ0) is 9.33. The third-order valence-corrected chi connectivity index (χ3v) is 2.11. The minimum atomic E-state index is 0.125. The first kappa shape index (κ1) is 14.2. The Kier molecular flexibility index (Phi) is 11.3. The third kappa shape index (κ3) is 8.56. The number of hydrogen-bond acceptors (Lipinski definition) is 2. The molecule has 0 saturated carbocycles. The highest BCUT2D eigenvalue weighted by Gasteiger charge is 2.15. The number of hydrogen-bond donors (Lipinski definition) is 2. The van der Waals surface area contributed by atoms with Crippen molar-refractivity contribution in [3.8, 4) is 0 Å². The predicted molar refractivity (Wildman–Crippen MR) is 60.9 cm³/mol. The van der Waals surface area contributed by atoms with E-state index in [9.17, 15) is 0 Å². The second kappa shape index (κ2) is 8.74. The van der Waals surface area contributed by atoms with Crippen LogP contribution in [0.5, 0.6) is 0 Å². The third-order valence-electron chi connectivity index (χ3n) is 2.11. The fourth-order valence-corrected chi connectivity index (χ4v) is 0.750. The van der Waals surface area contributed by atoms with Crippen LogP contribution in [-0.2, 0) is 0 Å². The van der Waals surface area contributed by atoms with E-state index in [2.05, 4.69) is 43.4 Å². The summed E-state index contributed by atoms with van der Waals surface area (Å²) >= 11 is 2.07. The van der Waals surface area contributed by atoms with Gasteiger partial charge in [0.2, 0.25) is 0 Å². The molecular weight excluding hydrogens is 251 g/mol. The Morgan fingerprint density at radius 1 is 1.09 bits per heavy atom.